The van der Waals surface area contributed by atoms with Crippen LogP contribution in [0.25, 0.3) is 0 Å². The van der Waals surface area contributed by atoms with Crippen molar-refractivity contribution in [1.29, 1.82) is 0 Å². The van der Waals surface area contributed by atoms with Crippen molar-refractivity contribution in [3.63, 3.8) is 0 Å². The van der Waals surface area contributed by atoms with Crippen LogP contribution in [0.2, 0.25) is 0 Å². The Morgan fingerprint density at radius 2 is 2.08 bits per heavy atom. The molecule has 0 unspecified atom stereocenters. The van der Waals surface area contributed by atoms with Crippen molar-refractivity contribution in [3.05, 3.63) is 23.5 Å². The Bertz CT molecular complexity index is 313. The van der Waals surface area contributed by atoms with E-state index in [0.717, 1.165) is 6.20 Å². The maximum absolute atomic E-state index is 12.2. The summed E-state index contributed by atoms with van der Waals surface area (Å²) in [5.41, 5.74) is -1.28. The highest BCUT2D eigenvalue weighted by Crippen LogP contribution is 2.33. The summed E-state index contributed by atoms with van der Waals surface area (Å²) < 4.78 is 36.6. The summed E-state index contributed by atoms with van der Waals surface area (Å²) in [7, 11) is 0. The molecule has 1 heterocycles. The molecule has 0 aliphatic heterocycles. The summed E-state index contributed by atoms with van der Waals surface area (Å²) in [6, 6.07) is 0.602. The van der Waals surface area contributed by atoms with Gasteiger partial charge in [-0.15, -0.1) is 11.6 Å². The molecule has 0 aliphatic carbocycles. The monoisotopic (exact) mass is 211 g/mol. The van der Waals surface area contributed by atoms with Crippen LogP contribution in [0.3, 0.4) is 0 Å². The maximum atomic E-state index is 12.2. The van der Waals surface area contributed by atoms with E-state index < -0.39 is 17.5 Å². The minimum Gasteiger partial charge on any atom is -0.506 e. The lowest BCUT2D eigenvalue weighted by atomic mass is 10.2. The van der Waals surface area contributed by atoms with Crippen LogP contribution in [0.5, 0.6) is 5.75 Å². The van der Waals surface area contributed by atoms with Gasteiger partial charge in [0.15, 0.2) is 0 Å². The first-order chi connectivity index (χ1) is 5.95. The van der Waals surface area contributed by atoms with Gasteiger partial charge in [0.1, 0.15) is 5.75 Å². The van der Waals surface area contributed by atoms with Crippen LogP contribution in [0.1, 0.15) is 11.3 Å². The minimum atomic E-state index is -4.53. The standard InChI is InChI=1S/C7H5ClF3NO/c8-2-6-5(7(9,10)11)1-4(13)3-12-6/h1,3,13H,2H2. The second-order valence-corrected chi connectivity index (χ2v) is 2.59. The molecule has 6 heteroatoms. The summed E-state index contributed by atoms with van der Waals surface area (Å²) in [6.07, 6.45) is -3.61. The summed E-state index contributed by atoms with van der Waals surface area (Å²) in [5, 5.41) is 8.79. The van der Waals surface area contributed by atoms with E-state index in [-0.39, 0.29) is 11.6 Å². The predicted octanol–water partition coefficient (Wildman–Crippen LogP) is 2.54. The Balaban J connectivity index is 3.24. The molecule has 72 valence electrons. The molecule has 0 bridgehead atoms. The molecular formula is C7H5ClF3NO. The van der Waals surface area contributed by atoms with E-state index in [4.69, 9.17) is 16.7 Å². The van der Waals surface area contributed by atoms with E-state index in [1.807, 2.05) is 0 Å². The van der Waals surface area contributed by atoms with Gasteiger partial charge in [-0.3, -0.25) is 4.98 Å². The summed E-state index contributed by atoms with van der Waals surface area (Å²) in [4.78, 5) is 3.36. The third-order valence-corrected chi connectivity index (χ3v) is 1.64. The third-order valence-electron chi connectivity index (χ3n) is 1.39. The fraction of sp³-hybridized carbons (Fsp3) is 0.286. The van der Waals surface area contributed by atoms with Crippen LogP contribution < -0.4 is 0 Å². The van der Waals surface area contributed by atoms with E-state index in [1.54, 1.807) is 0 Å². The molecule has 1 N–H and O–H groups in total. The summed E-state index contributed by atoms with van der Waals surface area (Å²) in [5.74, 6) is -0.865. The van der Waals surface area contributed by atoms with Gasteiger partial charge in [0, 0.05) is 0 Å². The molecule has 0 saturated heterocycles. The Hall–Kier alpha value is -0.970. The first-order valence-electron chi connectivity index (χ1n) is 3.26. The molecule has 0 aliphatic rings. The van der Waals surface area contributed by atoms with Gasteiger partial charge in [0.2, 0.25) is 0 Å². The van der Waals surface area contributed by atoms with E-state index in [9.17, 15) is 13.2 Å². The number of halogens is 4. The molecule has 0 spiro atoms. The summed E-state index contributed by atoms with van der Waals surface area (Å²) in [6.45, 7) is 0. The molecule has 2 nitrogen and oxygen atoms in total. The molecule has 1 aromatic heterocycles. The molecule has 0 amide bonds. The Kier molecular flexibility index (Phi) is 2.66. The Morgan fingerprint density at radius 3 is 2.54 bits per heavy atom. The van der Waals surface area contributed by atoms with Gasteiger partial charge < -0.3 is 5.11 Å². The number of rotatable bonds is 1. The first kappa shape index (κ1) is 10.1. The molecule has 1 aromatic rings. The number of nitrogens with zero attached hydrogens (tertiary/aromatic N) is 1. The van der Waals surface area contributed by atoms with Crippen molar-refractivity contribution >= 4 is 11.6 Å². The van der Waals surface area contributed by atoms with Gasteiger partial charge in [0.25, 0.3) is 0 Å². The molecule has 1 rings (SSSR count). The SMILES string of the molecule is Oc1cnc(CCl)c(C(F)(F)F)c1. The largest absolute Gasteiger partial charge is 0.506 e. The van der Waals surface area contributed by atoms with E-state index in [2.05, 4.69) is 4.98 Å². The van der Waals surface area contributed by atoms with Crippen LogP contribution >= 0.6 is 11.6 Å². The Labute approximate surface area is 77.0 Å². The zero-order chi connectivity index (χ0) is 10.1. The second-order valence-electron chi connectivity index (χ2n) is 2.32. The van der Waals surface area contributed by atoms with Crippen molar-refractivity contribution in [3.8, 4) is 5.75 Å². The van der Waals surface area contributed by atoms with Gasteiger partial charge >= 0.3 is 6.18 Å². The highest BCUT2D eigenvalue weighted by Gasteiger charge is 2.34. The number of aromatic hydroxyl groups is 1. The molecule has 0 aromatic carbocycles. The van der Waals surface area contributed by atoms with Crippen molar-refractivity contribution in [2.75, 3.05) is 0 Å². The van der Waals surface area contributed by atoms with Gasteiger partial charge in [0.05, 0.1) is 23.3 Å². The first-order valence-corrected chi connectivity index (χ1v) is 3.79. The van der Waals surface area contributed by atoms with E-state index in [0.29, 0.717) is 6.07 Å². The van der Waals surface area contributed by atoms with Gasteiger partial charge in [-0.1, -0.05) is 0 Å². The third kappa shape index (κ3) is 2.24. The van der Waals surface area contributed by atoms with Gasteiger partial charge in [-0.25, -0.2) is 0 Å². The average Bonchev–Trinajstić information content (AvgIpc) is 2.03. The zero-order valence-electron chi connectivity index (χ0n) is 6.27. The Morgan fingerprint density at radius 1 is 1.46 bits per heavy atom. The average molecular weight is 212 g/mol. The highest BCUT2D eigenvalue weighted by atomic mass is 35.5. The number of hydrogen-bond acceptors (Lipinski definition) is 2. The molecule has 0 fully saturated rings. The summed E-state index contributed by atoms with van der Waals surface area (Å²) >= 11 is 5.25. The smallest absolute Gasteiger partial charge is 0.418 e. The minimum absolute atomic E-state index is 0.285. The predicted molar refractivity (Wildman–Crippen MR) is 40.5 cm³/mol. The van der Waals surface area contributed by atoms with Crippen LogP contribution in [0, 0.1) is 0 Å². The molecule has 0 saturated carbocycles. The van der Waals surface area contributed by atoms with Gasteiger partial charge in [-0.05, 0) is 6.07 Å². The lowest BCUT2D eigenvalue weighted by Gasteiger charge is -2.09. The lowest BCUT2D eigenvalue weighted by molar-refractivity contribution is -0.138. The number of alkyl halides is 4. The van der Waals surface area contributed by atoms with E-state index in [1.165, 1.54) is 0 Å². The quantitative estimate of drug-likeness (QED) is 0.725. The van der Waals surface area contributed by atoms with Crippen molar-refractivity contribution in [1.82, 2.24) is 4.98 Å². The van der Waals surface area contributed by atoms with Gasteiger partial charge in [-0.2, -0.15) is 13.2 Å². The number of hydrogen-bond donors (Lipinski definition) is 1. The van der Waals surface area contributed by atoms with Crippen LogP contribution in [0.15, 0.2) is 12.3 Å². The molecule has 13 heavy (non-hydrogen) atoms. The van der Waals surface area contributed by atoms with Crippen LogP contribution in [0.4, 0.5) is 13.2 Å². The fourth-order valence-electron chi connectivity index (χ4n) is 0.834. The van der Waals surface area contributed by atoms with Crippen LogP contribution in [-0.4, -0.2) is 10.1 Å². The topological polar surface area (TPSA) is 33.1 Å². The maximum Gasteiger partial charge on any atom is 0.418 e. The number of pyridine rings is 1. The molecule has 0 radical (unpaired) electrons. The normalized spacial score (nSPS) is 11.7. The van der Waals surface area contributed by atoms with E-state index >= 15 is 0 Å². The van der Waals surface area contributed by atoms with Crippen molar-refractivity contribution in [2.24, 2.45) is 0 Å². The van der Waals surface area contributed by atoms with Crippen LogP contribution in [-0.2, 0) is 12.1 Å². The lowest BCUT2D eigenvalue weighted by Crippen LogP contribution is -2.09. The second kappa shape index (κ2) is 3.41. The van der Waals surface area contributed by atoms with Crippen molar-refractivity contribution in [2.45, 2.75) is 12.1 Å². The highest BCUT2D eigenvalue weighted by molar-refractivity contribution is 6.17. The number of aromatic nitrogens is 1. The molecular weight excluding hydrogens is 207 g/mol. The zero-order valence-corrected chi connectivity index (χ0v) is 7.02. The fourth-order valence-corrected chi connectivity index (χ4v) is 1.05. The molecule has 0 atom stereocenters. The van der Waals surface area contributed by atoms with Crippen molar-refractivity contribution < 1.29 is 18.3 Å².